The van der Waals surface area contributed by atoms with Crippen LogP contribution in [0.15, 0.2) is 78.9 Å². The molecule has 0 aromatic heterocycles. The van der Waals surface area contributed by atoms with Gasteiger partial charge in [0.15, 0.2) is 11.5 Å². The SMILES string of the molecule is COc1cc(CNC(C)c2ccccc2)ccc1OCc1ccccc1.Cl. The van der Waals surface area contributed by atoms with Crippen molar-refractivity contribution in [2.24, 2.45) is 0 Å². The molecule has 0 spiro atoms. The first-order valence-electron chi connectivity index (χ1n) is 8.88. The minimum Gasteiger partial charge on any atom is -0.493 e. The molecule has 0 fully saturated rings. The fourth-order valence-corrected chi connectivity index (χ4v) is 2.81. The van der Waals surface area contributed by atoms with Crippen molar-refractivity contribution in [3.05, 3.63) is 95.6 Å². The number of methoxy groups -OCH3 is 1. The second kappa shape index (κ2) is 10.6. The van der Waals surface area contributed by atoms with Gasteiger partial charge in [0.2, 0.25) is 0 Å². The van der Waals surface area contributed by atoms with Crippen LogP contribution < -0.4 is 14.8 Å². The number of nitrogens with one attached hydrogen (secondary N) is 1. The summed E-state index contributed by atoms with van der Waals surface area (Å²) in [7, 11) is 1.68. The second-order valence-electron chi connectivity index (χ2n) is 6.27. The molecule has 1 atom stereocenters. The standard InChI is InChI=1S/C23H25NO2.ClH/c1-18(21-11-7-4-8-12-21)24-16-20-13-14-22(23(15-20)25-2)26-17-19-9-5-3-6-10-19;/h3-15,18,24H,16-17H2,1-2H3;1H. The molecule has 0 saturated carbocycles. The van der Waals surface area contributed by atoms with Crippen LogP contribution in [0.5, 0.6) is 11.5 Å². The third-order valence-electron chi connectivity index (χ3n) is 4.38. The quantitative estimate of drug-likeness (QED) is 0.553. The number of benzene rings is 3. The average molecular weight is 384 g/mol. The smallest absolute Gasteiger partial charge is 0.161 e. The molecule has 3 aromatic rings. The van der Waals surface area contributed by atoms with Gasteiger partial charge in [-0.1, -0.05) is 66.7 Å². The van der Waals surface area contributed by atoms with E-state index in [1.807, 2.05) is 36.4 Å². The van der Waals surface area contributed by atoms with E-state index >= 15 is 0 Å². The number of halogens is 1. The largest absolute Gasteiger partial charge is 0.493 e. The Morgan fingerprint density at radius 2 is 1.48 bits per heavy atom. The summed E-state index contributed by atoms with van der Waals surface area (Å²) in [5.74, 6) is 1.52. The van der Waals surface area contributed by atoms with Crippen molar-refractivity contribution in [3.8, 4) is 11.5 Å². The van der Waals surface area contributed by atoms with Crippen LogP contribution in [0.4, 0.5) is 0 Å². The van der Waals surface area contributed by atoms with Gasteiger partial charge in [0, 0.05) is 12.6 Å². The van der Waals surface area contributed by atoms with Gasteiger partial charge in [-0.3, -0.25) is 0 Å². The molecule has 0 saturated heterocycles. The van der Waals surface area contributed by atoms with E-state index in [4.69, 9.17) is 9.47 Å². The minimum absolute atomic E-state index is 0. The molecule has 142 valence electrons. The van der Waals surface area contributed by atoms with Crippen LogP contribution in [0.25, 0.3) is 0 Å². The number of hydrogen-bond donors (Lipinski definition) is 1. The summed E-state index contributed by atoms with van der Waals surface area (Å²) < 4.78 is 11.4. The van der Waals surface area contributed by atoms with E-state index in [9.17, 15) is 0 Å². The van der Waals surface area contributed by atoms with Crippen molar-refractivity contribution in [1.29, 1.82) is 0 Å². The number of ether oxygens (including phenoxy) is 2. The molecule has 0 radical (unpaired) electrons. The topological polar surface area (TPSA) is 30.5 Å². The van der Waals surface area contributed by atoms with Crippen molar-refractivity contribution < 1.29 is 9.47 Å². The van der Waals surface area contributed by atoms with E-state index in [1.54, 1.807) is 7.11 Å². The molecule has 3 nitrogen and oxygen atoms in total. The highest BCUT2D eigenvalue weighted by Crippen LogP contribution is 2.29. The van der Waals surface area contributed by atoms with Crippen LogP contribution in [0, 0.1) is 0 Å². The molecule has 0 bridgehead atoms. The summed E-state index contributed by atoms with van der Waals surface area (Å²) in [6.45, 7) is 3.47. The van der Waals surface area contributed by atoms with E-state index in [1.165, 1.54) is 5.56 Å². The Labute approximate surface area is 167 Å². The lowest BCUT2D eigenvalue weighted by atomic mass is 10.1. The van der Waals surface area contributed by atoms with Gasteiger partial charge < -0.3 is 14.8 Å². The fraction of sp³-hybridized carbons (Fsp3) is 0.217. The first-order valence-corrected chi connectivity index (χ1v) is 8.88. The molecule has 1 N–H and O–H groups in total. The van der Waals surface area contributed by atoms with Crippen molar-refractivity contribution in [3.63, 3.8) is 0 Å². The molecule has 0 aliphatic rings. The molecular weight excluding hydrogens is 358 g/mol. The van der Waals surface area contributed by atoms with Gasteiger partial charge in [0.25, 0.3) is 0 Å². The summed E-state index contributed by atoms with van der Waals surface area (Å²) in [5.41, 5.74) is 3.58. The Morgan fingerprint density at radius 1 is 0.815 bits per heavy atom. The van der Waals surface area contributed by atoms with Crippen LogP contribution in [0.1, 0.15) is 29.7 Å². The van der Waals surface area contributed by atoms with Crippen LogP contribution in [-0.2, 0) is 13.2 Å². The number of rotatable bonds is 8. The minimum atomic E-state index is 0. The van der Waals surface area contributed by atoms with Crippen LogP contribution >= 0.6 is 12.4 Å². The molecule has 27 heavy (non-hydrogen) atoms. The van der Waals surface area contributed by atoms with Crippen LogP contribution in [-0.4, -0.2) is 7.11 Å². The lowest BCUT2D eigenvalue weighted by Crippen LogP contribution is -2.18. The Morgan fingerprint density at radius 3 is 2.15 bits per heavy atom. The third-order valence-corrected chi connectivity index (χ3v) is 4.38. The molecule has 0 aliphatic carbocycles. The zero-order chi connectivity index (χ0) is 18.2. The van der Waals surface area contributed by atoms with Gasteiger partial charge in [0.05, 0.1) is 7.11 Å². The summed E-state index contributed by atoms with van der Waals surface area (Å²) in [5, 5.41) is 3.55. The van der Waals surface area contributed by atoms with Gasteiger partial charge in [-0.25, -0.2) is 0 Å². The summed E-state index contributed by atoms with van der Waals surface area (Å²) >= 11 is 0. The highest BCUT2D eigenvalue weighted by molar-refractivity contribution is 5.85. The summed E-state index contributed by atoms with van der Waals surface area (Å²) in [4.78, 5) is 0. The monoisotopic (exact) mass is 383 g/mol. The van der Waals surface area contributed by atoms with Gasteiger partial charge in [-0.05, 0) is 35.7 Å². The maximum atomic E-state index is 5.92. The summed E-state index contributed by atoms with van der Waals surface area (Å²) in [6, 6.07) is 26.9. The zero-order valence-electron chi connectivity index (χ0n) is 15.7. The second-order valence-corrected chi connectivity index (χ2v) is 6.27. The zero-order valence-corrected chi connectivity index (χ0v) is 16.5. The average Bonchev–Trinajstić information content (AvgIpc) is 2.72. The molecule has 0 amide bonds. The van der Waals surface area contributed by atoms with E-state index in [0.717, 1.165) is 29.2 Å². The van der Waals surface area contributed by atoms with E-state index in [0.29, 0.717) is 6.61 Å². The molecule has 3 aromatic carbocycles. The fourth-order valence-electron chi connectivity index (χ4n) is 2.81. The highest BCUT2D eigenvalue weighted by atomic mass is 35.5. The molecule has 4 heteroatoms. The van der Waals surface area contributed by atoms with Gasteiger partial charge in [0.1, 0.15) is 6.61 Å². The van der Waals surface area contributed by atoms with Gasteiger partial charge in [-0.15, -0.1) is 12.4 Å². The maximum Gasteiger partial charge on any atom is 0.161 e. The van der Waals surface area contributed by atoms with E-state index in [-0.39, 0.29) is 18.4 Å². The van der Waals surface area contributed by atoms with Crippen molar-refractivity contribution in [2.45, 2.75) is 26.1 Å². The molecular formula is C23H26ClNO2. The Kier molecular flexibility index (Phi) is 8.18. The van der Waals surface area contributed by atoms with Crippen molar-refractivity contribution >= 4 is 12.4 Å². The lowest BCUT2D eigenvalue weighted by Gasteiger charge is -2.16. The molecule has 0 heterocycles. The molecule has 1 unspecified atom stereocenters. The van der Waals surface area contributed by atoms with Crippen LogP contribution in [0.3, 0.4) is 0 Å². The Balaban J connectivity index is 0.00000261. The Bertz CT molecular complexity index is 809. The lowest BCUT2D eigenvalue weighted by molar-refractivity contribution is 0.284. The van der Waals surface area contributed by atoms with Crippen molar-refractivity contribution in [2.75, 3.05) is 7.11 Å². The normalized spacial score (nSPS) is 11.3. The Hall–Kier alpha value is -2.49. The van der Waals surface area contributed by atoms with E-state index in [2.05, 4.69) is 54.7 Å². The highest BCUT2D eigenvalue weighted by Gasteiger charge is 2.08. The van der Waals surface area contributed by atoms with Crippen molar-refractivity contribution in [1.82, 2.24) is 5.32 Å². The summed E-state index contributed by atoms with van der Waals surface area (Å²) in [6.07, 6.45) is 0. The molecule has 3 rings (SSSR count). The van der Waals surface area contributed by atoms with Crippen LogP contribution in [0.2, 0.25) is 0 Å². The van der Waals surface area contributed by atoms with Gasteiger partial charge >= 0.3 is 0 Å². The first-order chi connectivity index (χ1) is 12.8. The number of hydrogen-bond acceptors (Lipinski definition) is 3. The molecule has 0 aliphatic heterocycles. The third kappa shape index (κ3) is 6.02. The van der Waals surface area contributed by atoms with E-state index < -0.39 is 0 Å². The maximum absolute atomic E-state index is 5.92. The predicted molar refractivity (Wildman–Crippen MR) is 113 cm³/mol. The van der Waals surface area contributed by atoms with Gasteiger partial charge in [-0.2, -0.15) is 0 Å². The predicted octanol–water partition coefficient (Wildman–Crippen LogP) is 5.55. The first kappa shape index (κ1) is 20.8.